The lowest BCUT2D eigenvalue weighted by atomic mass is 10.1. The van der Waals surface area contributed by atoms with Crippen LogP contribution in [0.1, 0.15) is 18.2 Å². The fourth-order valence-electron chi connectivity index (χ4n) is 1.58. The van der Waals surface area contributed by atoms with Crippen molar-refractivity contribution in [2.75, 3.05) is 7.05 Å². The van der Waals surface area contributed by atoms with Crippen molar-refractivity contribution in [3.8, 4) is 0 Å². The molecule has 0 radical (unpaired) electrons. The zero-order valence-electron chi connectivity index (χ0n) is 10.5. The molecule has 0 aliphatic carbocycles. The van der Waals surface area contributed by atoms with Gasteiger partial charge in [-0.25, -0.2) is 9.07 Å². The summed E-state index contributed by atoms with van der Waals surface area (Å²) < 4.78 is 14.9. The van der Waals surface area contributed by atoms with Crippen LogP contribution < -0.4 is 4.80 Å². The Bertz CT molecular complexity index is 652. The Labute approximate surface area is 109 Å². The molecule has 0 spiro atoms. The number of thiazole rings is 1. The predicted molar refractivity (Wildman–Crippen MR) is 72.5 cm³/mol. The molecule has 94 valence electrons. The van der Waals surface area contributed by atoms with Crippen molar-refractivity contribution in [2.24, 2.45) is 10.1 Å². The van der Waals surface area contributed by atoms with Crippen LogP contribution in [0.15, 0.2) is 39.7 Å². The first kappa shape index (κ1) is 12.7. The van der Waals surface area contributed by atoms with E-state index in [1.807, 2.05) is 25.3 Å². The van der Waals surface area contributed by atoms with Gasteiger partial charge >= 0.3 is 0 Å². The SMILES string of the molecule is CN=c1scc(C)n1/N=C(/C)c1cccc(F)c1. The molecule has 0 fully saturated rings. The van der Waals surface area contributed by atoms with Gasteiger partial charge in [-0.15, -0.1) is 11.3 Å². The van der Waals surface area contributed by atoms with E-state index in [4.69, 9.17) is 0 Å². The standard InChI is InChI=1S/C13H14FN3S/c1-9-8-18-13(15-3)17(9)16-10(2)11-5-4-6-12(14)7-11/h4-8H,1-3H3/b15-13?,16-10-. The van der Waals surface area contributed by atoms with Gasteiger partial charge in [0.25, 0.3) is 0 Å². The smallest absolute Gasteiger partial charge is 0.205 e. The Kier molecular flexibility index (Phi) is 3.72. The molecule has 18 heavy (non-hydrogen) atoms. The fourth-order valence-corrected chi connectivity index (χ4v) is 2.34. The monoisotopic (exact) mass is 263 g/mol. The molecular formula is C13H14FN3S. The van der Waals surface area contributed by atoms with Gasteiger partial charge in [0.2, 0.25) is 4.80 Å². The third kappa shape index (κ3) is 2.56. The molecular weight excluding hydrogens is 249 g/mol. The average molecular weight is 263 g/mol. The first-order chi connectivity index (χ1) is 8.61. The summed E-state index contributed by atoms with van der Waals surface area (Å²) in [5.41, 5.74) is 2.54. The fraction of sp³-hybridized carbons (Fsp3) is 0.231. The van der Waals surface area contributed by atoms with Crippen LogP contribution >= 0.6 is 11.3 Å². The zero-order valence-corrected chi connectivity index (χ0v) is 11.3. The maximum atomic E-state index is 13.2. The lowest BCUT2D eigenvalue weighted by Gasteiger charge is -2.03. The van der Waals surface area contributed by atoms with E-state index in [1.54, 1.807) is 17.8 Å². The predicted octanol–water partition coefficient (Wildman–Crippen LogP) is 2.80. The Morgan fingerprint density at radius 3 is 2.83 bits per heavy atom. The largest absolute Gasteiger partial charge is 0.261 e. The third-order valence-electron chi connectivity index (χ3n) is 2.53. The number of benzene rings is 1. The summed E-state index contributed by atoms with van der Waals surface area (Å²) in [4.78, 5) is 4.98. The summed E-state index contributed by atoms with van der Waals surface area (Å²) in [5.74, 6) is -0.255. The molecule has 0 atom stereocenters. The molecule has 3 nitrogen and oxygen atoms in total. The van der Waals surface area contributed by atoms with E-state index in [2.05, 4.69) is 10.1 Å². The van der Waals surface area contributed by atoms with Gasteiger partial charge in [-0.3, -0.25) is 4.99 Å². The van der Waals surface area contributed by atoms with Crippen molar-refractivity contribution in [3.63, 3.8) is 0 Å². The second-order valence-corrected chi connectivity index (χ2v) is 4.73. The highest BCUT2D eigenvalue weighted by molar-refractivity contribution is 7.07. The van der Waals surface area contributed by atoms with Crippen LogP contribution in [0, 0.1) is 12.7 Å². The first-order valence-electron chi connectivity index (χ1n) is 5.53. The summed E-state index contributed by atoms with van der Waals surface area (Å²) in [6, 6.07) is 6.42. The molecule has 0 saturated heterocycles. The van der Waals surface area contributed by atoms with Crippen LogP contribution in [0.25, 0.3) is 0 Å². The van der Waals surface area contributed by atoms with Gasteiger partial charge in [-0.05, 0) is 26.0 Å². The van der Waals surface area contributed by atoms with Crippen molar-refractivity contribution in [3.05, 3.63) is 51.5 Å². The van der Waals surface area contributed by atoms with Crippen LogP contribution in [0.4, 0.5) is 4.39 Å². The molecule has 0 bridgehead atoms. The average Bonchev–Trinajstić information content (AvgIpc) is 2.70. The second-order valence-electron chi connectivity index (χ2n) is 3.89. The van der Waals surface area contributed by atoms with Gasteiger partial charge in [0.15, 0.2) is 0 Å². The lowest BCUT2D eigenvalue weighted by molar-refractivity contribution is 0.627. The minimum Gasteiger partial charge on any atom is -0.261 e. The van der Waals surface area contributed by atoms with Crippen LogP contribution in [0.3, 0.4) is 0 Å². The van der Waals surface area contributed by atoms with Crippen LogP contribution in [-0.4, -0.2) is 17.4 Å². The van der Waals surface area contributed by atoms with Crippen LogP contribution in [0.5, 0.6) is 0 Å². The molecule has 1 aromatic carbocycles. The Hall–Kier alpha value is -1.75. The Morgan fingerprint density at radius 2 is 2.17 bits per heavy atom. The van der Waals surface area contributed by atoms with Crippen LogP contribution in [0.2, 0.25) is 0 Å². The van der Waals surface area contributed by atoms with E-state index in [0.717, 1.165) is 21.8 Å². The van der Waals surface area contributed by atoms with Crippen molar-refractivity contribution in [1.29, 1.82) is 0 Å². The van der Waals surface area contributed by atoms with Gasteiger partial charge < -0.3 is 0 Å². The first-order valence-corrected chi connectivity index (χ1v) is 6.41. The van der Waals surface area contributed by atoms with E-state index >= 15 is 0 Å². The third-order valence-corrected chi connectivity index (χ3v) is 3.56. The Balaban J connectivity index is 2.48. The summed E-state index contributed by atoms with van der Waals surface area (Å²) in [6.07, 6.45) is 0. The summed E-state index contributed by atoms with van der Waals surface area (Å²) in [5, 5.41) is 6.47. The van der Waals surface area contributed by atoms with Crippen molar-refractivity contribution >= 4 is 17.0 Å². The number of hydrogen-bond donors (Lipinski definition) is 0. The molecule has 1 aromatic heterocycles. The van der Waals surface area contributed by atoms with Gasteiger partial charge in [0, 0.05) is 18.0 Å². The highest BCUT2D eigenvalue weighted by Crippen LogP contribution is 2.07. The van der Waals surface area contributed by atoms with Gasteiger partial charge in [-0.1, -0.05) is 12.1 Å². The molecule has 0 unspecified atom stereocenters. The van der Waals surface area contributed by atoms with Crippen LogP contribution in [-0.2, 0) is 0 Å². The van der Waals surface area contributed by atoms with Gasteiger partial charge in [-0.2, -0.15) is 5.10 Å². The zero-order chi connectivity index (χ0) is 13.1. The van der Waals surface area contributed by atoms with Gasteiger partial charge in [0.1, 0.15) is 5.82 Å². The molecule has 0 amide bonds. The second kappa shape index (κ2) is 5.27. The van der Waals surface area contributed by atoms with E-state index < -0.39 is 0 Å². The number of rotatable bonds is 2. The van der Waals surface area contributed by atoms with E-state index in [-0.39, 0.29) is 5.82 Å². The molecule has 0 N–H and O–H groups in total. The number of aryl methyl sites for hydroxylation is 1. The van der Waals surface area contributed by atoms with Crippen molar-refractivity contribution in [2.45, 2.75) is 13.8 Å². The normalized spacial score (nSPS) is 13.1. The molecule has 2 aromatic rings. The number of halogens is 1. The van der Waals surface area contributed by atoms with Crippen molar-refractivity contribution in [1.82, 2.24) is 4.68 Å². The minimum absolute atomic E-state index is 0.255. The number of aromatic nitrogens is 1. The van der Waals surface area contributed by atoms with E-state index in [0.29, 0.717) is 0 Å². The molecule has 1 heterocycles. The number of nitrogens with zero attached hydrogens (tertiary/aromatic N) is 3. The maximum Gasteiger partial charge on any atom is 0.205 e. The van der Waals surface area contributed by atoms with E-state index in [1.165, 1.54) is 23.5 Å². The Morgan fingerprint density at radius 1 is 1.39 bits per heavy atom. The quantitative estimate of drug-likeness (QED) is 0.746. The minimum atomic E-state index is -0.255. The van der Waals surface area contributed by atoms with Gasteiger partial charge in [0.05, 0.1) is 11.4 Å². The summed E-state index contributed by atoms with van der Waals surface area (Å²) in [6.45, 7) is 3.83. The highest BCUT2D eigenvalue weighted by atomic mass is 32.1. The maximum absolute atomic E-state index is 13.2. The molecule has 0 aliphatic rings. The molecule has 0 saturated carbocycles. The number of hydrogen-bond acceptors (Lipinski definition) is 3. The van der Waals surface area contributed by atoms with Crippen molar-refractivity contribution < 1.29 is 4.39 Å². The molecule has 0 aliphatic heterocycles. The molecule has 2 rings (SSSR count). The molecule has 5 heteroatoms. The highest BCUT2D eigenvalue weighted by Gasteiger charge is 2.02. The van der Waals surface area contributed by atoms with E-state index in [9.17, 15) is 4.39 Å². The summed E-state index contributed by atoms with van der Waals surface area (Å²) in [7, 11) is 1.73. The topological polar surface area (TPSA) is 29.6 Å². The summed E-state index contributed by atoms with van der Waals surface area (Å²) >= 11 is 1.53. The lowest BCUT2D eigenvalue weighted by Crippen LogP contribution is -2.13.